The molecule has 1 aromatic carbocycles. The molecule has 4 heteroatoms. The van der Waals surface area contributed by atoms with E-state index in [1.54, 1.807) is 0 Å². The van der Waals surface area contributed by atoms with E-state index in [4.69, 9.17) is 0 Å². The normalized spacial score (nSPS) is 19.2. The predicted molar refractivity (Wildman–Crippen MR) is 75.5 cm³/mol. The maximum Gasteiger partial charge on any atom is 0.249 e. The van der Waals surface area contributed by atoms with Gasteiger partial charge in [0, 0.05) is 12.0 Å². The minimum atomic E-state index is -0.440. The lowest BCUT2D eigenvalue weighted by Gasteiger charge is -2.17. The number of hydrogen-bond acceptors (Lipinski definition) is 4. The van der Waals surface area contributed by atoms with Crippen molar-refractivity contribution < 1.29 is 4.79 Å². The number of carbonyl (C=O) groups is 1. The summed E-state index contributed by atoms with van der Waals surface area (Å²) in [5.41, 5.74) is 0.234. The molecule has 4 nitrogen and oxygen atoms in total. The molecule has 1 atom stereocenters. The molecule has 1 aromatic rings. The van der Waals surface area contributed by atoms with E-state index in [-0.39, 0.29) is 17.3 Å². The zero-order valence-electron chi connectivity index (χ0n) is 11.5. The Balaban J connectivity index is 1.97. The Morgan fingerprint density at radius 2 is 1.89 bits per heavy atom. The zero-order chi connectivity index (χ0) is 13.8. The summed E-state index contributed by atoms with van der Waals surface area (Å²) in [6.45, 7) is 2.13. The summed E-state index contributed by atoms with van der Waals surface area (Å²) in [6, 6.07) is -0.252. The highest BCUT2D eigenvalue weighted by atomic mass is 16.2. The lowest BCUT2D eigenvalue weighted by molar-refractivity contribution is -0.118. The second-order valence-corrected chi connectivity index (χ2v) is 5.38. The molecule has 1 fully saturated rings. The molecule has 2 rings (SSSR count). The Morgan fingerprint density at radius 3 is 2.53 bits per heavy atom. The van der Waals surface area contributed by atoms with E-state index in [1.165, 1.54) is 0 Å². The van der Waals surface area contributed by atoms with Gasteiger partial charge in [0.05, 0.1) is 11.7 Å². The van der Waals surface area contributed by atoms with Gasteiger partial charge in [0.1, 0.15) is 0 Å². The first kappa shape index (κ1) is 14.0. The van der Waals surface area contributed by atoms with Crippen LogP contribution >= 0.6 is 0 Å². The summed E-state index contributed by atoms with van der Waals surface area (Å²) < 4.78 is 0. The van der Waals surface area contributed by atoms with Crippen LogP contribution in [0.15, 0.2) is 9.59 Å². The first-order valence-corrected chi connectivity index (χ1v) is 7.26. The Bertz CT molecular complexity index is 526. The highest BCUT2D eigenvalue weighted by Crippen LogP contribution is 2.20. The molecule has 0 radical (unpaired) electrons. The van der Waals surface area contributed by atoms with Crippen LogP contribution in [0.25, 0.3) is 0 Å². The molecule has 1 unspecified atom stereocenters. The van der Waals surface area contributed by atoms with Crippen molar-refractivity contribution in [3.63, 3.8) is 0 Å². The van der Waals surface area contributed by atoms with Gasteiger partial charge >= 0.3 is 0 Å². The number of nitrogens with one attached hydrogen (secondary N) is 1. The van der Waals surface area contributed by atoms with Crippen LogP contribution in [0.5, 0.6) is 0 Å². The Hall–Kier alpha value is -1.45. The number of unbranched alkanes of at least 4 members (excludes halogenated alkanes) is 3. The van der Waals surface area contributed by atoms with Crippen molar-refractivity contribution in [3.05, 3.63) is 26.0 Å². The molecule has 0 aromatic heterocycles. The van der Waals surface area contributed by atoms with Gasteiger partial charge in [-0.2, -0.15) is 0 Å². The molecule has 1 saturated carbocycles. The average Bonchev–Trinajstić information content (AvgIpc) is 2.82. The summed E-state index contributed by atoms with van der Waals surface area (Å²) in [4.78, 5) is 34.7. The van der Waals surface area contributed by atoms with Crippen molar-refractivity contribution in [2.75, 3.05) is 5.32 Å². The van der Waals surface area contributed by atoms with Crippen LogP contribution in [-0.4, -0.2) is 11.8 Å². The van der Waals surface area contributed by atoms with Gasteiger partial charge in [-0.25, -0.2) is 0 Å². The third-order valence-corrected chi connectivity index (χ3v) is 3.91. The molecule has 19 heavy (non-hydrogen) atoms. The monoisotopic (exact) mass is 263 g/mol. The predicted octanol–water partition coefficient (Wildman–Crippen LogP) is 1.94. The summed E-state index contributed by atoms with van der Waals surface area (Å²) in [7, 11) is 0. The third kappa shape index (κ3) is 2.94. The fourth-order valence-corrected chi connectivity index (χ4v) is 2.70. The molecule has 0 amide bonds. The largest absolute Gasteiger partial charge is 0.372 e. The van der Waals surface area contributed by atoms with Gasteiger partial charge in [-0.15, -0.1) is 0 Å². The third-order valence-electron chi connectivity index (χ3n) is 3.91. The van der Waals surface area contributed by atoms with Gasteiger partial charge < -0.3 is 5.32 Å². The second-order valence-electron chi connectivity index (χ2n) is 5.38. The highest BCUT2D eigenvalue weighted by Gasteiger charge is 2.28. The first-order chi connectivity index (χ1) is 9.15. The quantitative estimate of drug-likeness (QED) is 0.603. The molecule has 0 heterocycles. The number of rotatable bonds is 7. The Labute approximate surface area is 112 Å². The van der Waals surface area contributed by atoms with Crippen LogP contribution in [0.2, 0.25) is 0 Å². The van der Waals surface area contributed by atoms with Crippen molar-refractivity contribution in [3.8, 4) is 0 Å². The molecule has 1 N–H and O–H groups in total. The van der Waals surface area contributed by atoms with Crippen LogP contribution in [0.4, 0.5) is 5.69 Å². The molecular formula is C15H21NO3. The van der Waals surface area contributed by atoms with E-state index in [2.05, 4.69) is 12.2 Å². The van der Waals surface area contributed by atoms with Crippen LogP contribution < -0.4 is 16.2 Å². The smallest absolute Gasteiger partial charge is 0.249 e. The van der Waals surface area contributed by atoms with E-state index >= 15 is 0 Å². The topological polar surface area (TPSA) is 63.2 Å². The van der Waals surface area contributed by atoms with E-state index in [0.717, 1.165) is 38.5 Å². The van der Waals surface area contributed by atoms with Gasteiger partial charge in [-0.3, -0.25) is 14.4 Å². The standard InChI is InChI=1S/C15H21NO3/c1-2-3-4-5-7-10-13(15(19)14(10)18)16-11-8-6-9-12(11)17/h11,16H,2-9H2,1H3. The van der Waals surface area contributed by atoms with Crippen molar-refractivity contribution in [2.45, 2.75) is 64.3 Å². The number of anilines is 1. The highest BCUT2D eigenvalue weighted by molar-refractivity contribution is 5.88. The van der Waals surface area contributed by atoms with Crippen LogP contribution in [0.3, 0.4) is 0 Å². The minimum Gasteiger partial charge on any atom is -0.372 e. The van der Waals surface area contributed by atoms with Crippen LogP contribution in [0, 0.1) is 0 Å². The minimum absolute atomic E-state index is 0.157. The van der Waals surface area contributed by atoms with E-state index < -0.39 is 5.43 Å². The number of Topliss-reactive ketones (excluding diaryl/α,β-unsaturated/α-hetero) is 1. The summed E-state index contributed by atoms with van der Waals surface area (Å²) in [5.74, 6) is 0.157. The maximum absolute atomic E-state index is 11.6. The molecule has 0 aliphatic heterocycles. The SMILES string of the molecule is CCCCCCc1c(NC2CCCC2=O)c(=O)c1=O. The number of hydrogen-bond donors (Lipinski definition) is 1. The van der Waals surface area contributed by atoms with Crippen molar-refractivity contribution >= 4 is 11.5 Å². The van der Waals surface area contributed by atoms with E-state index in [1.807, 2.05) is 0 Å². The first-order valence-electron chi connectivity index (χ1n) is 7.26. The lowest BCUT2D eigenvalue weighted by atomic mass is 9.99. The average molecular weight is 263 g/mol. The molecular weight excluding hydrogens is 242 g/mol. The summed E-state index contributed by atoms with van der Waals surface area (Å²) >= 11 is 0. The fourth-order valence-electron chi connectivity index (χ4n) is 2.70. The molecule has 1 aliphatic carbocycles. The molecule has 1 aliphatic rings. The zero-order valence-corrected chi connectivity index (χ0v) is 11.5. The van der Waals surface area contributed by atoms with Crippen LogP contribution in [-0.2, 0) is 11.2 Å². The van der Waals surface area contributed by atoms with Gasteiger partial charge in [-0.1, -0.05) is 26.2 Å². The van der Waals surface area contributed by atoms with Crippen molar-refractivity contribution in [1.82, 2.24) is 0 Å². The summed E-state index contributed by atoms with van der Waals surface area (Å²) in [6.07, 6.45) is 7.20. The van der Waals surface area contributed by atoms with Crippen LogP contribution in [0.1, 0.15) is 57.4 Å². The van der Waals surface area contributed by atoms with E-state index in [0.29, 0.717) is 24.1 Å². The maximum atomic E-state index is 11.6. The van der Waals surface area contributed by atoms with Gasteiger partial charge in [0.2, 0.25) is 10.9 Å². The Kier molecular flexibility index (Phi) is 4.51. The molecule has 0 saturated heterocycles. The Morgan fingerprint density at radius 1 is 1.11 bits per heavy atom. The van der Waals surface area contributed by atoms with Crippen molar-refractivity contribution in [2.24, 2.45) is 0 Å². The lowest BCUT2D eigenvalue weighted by Crippen LogP contribution is -2.41. The summed E-state index contributed by atoms with van der Waals surface area (Å²) in [5, 5.41) is 3.00. The van der Waals surface area contributed by atoms with Gasteiger partial charge in [-0.05, 0) is 25.7 Å². The molecule has 104 valence electrons. The molecule has 0 bridgehead atoms. The molecule has 0 spiro atoms. The fraction of sp³-hybridized carbons (Fsp3) is 0.667. The van der Waals surface area contributed by atoms with Gasteiger partial charge in [0.25, 0.3) is 0 Å². The number of carbonyl (C=O) groups excluding carboxylic acids is 1. The number of ketones is 1. The second kappa shape index (κ2) is 6.13. The van der Waals surface area contributed by atoms with E-state index in [9.17, 15) is 14.4 Å². The van der Waals surface area contributed by atoms with Gasteiger partial charge in [0.15, 0.2) is 5.78 Å². The van der Waals surface area contributed by atoms with Crippen molar-refractivity contribution in [1.29, 1.82) is 0 Å².